The molecule has 7 heteroatoms. The highest BCUT2D eigenvalue weighted by atomic mass is 79.9. The van der Waals surface area contributed by atoms with Crippen molar-refractivity contribution in [2.75, 3.05) is 12.4 Å². The van der Waals surface area contributed by atoms with Crippen LogP contribution in [0, 0.1) is 0 Å². The number of methoxy groups -OCH3 is 1. The fraction of sp³-hybridized carbons (Fsp3) is 0.118. The van der Waals surface area contributed by atoms with Gasteiger partial charge < -0.3 is 10.1 Å². The third-order valence-electron chi connectivity index (χ3n) is 3.09. The third kappa shape index (κ3) is 4.61. The molecule has 1 N–H and O–H groups in total. The van der Waals surface area contributed by atoms with Crippen molar-refractivity contribution in [3.8, 4) is 5.75 Å². The predicted octanol–water partition coefficient (Wildman–Crippen LogP) is 5.13. The number of benzene rings is 2. The van der Waals surface area contributed by atoms with Crippen LogP contribution in [0.5, 0.6) is 5.75 Å². The van der Waals surface area contributed by atoms with Crippen LogP contribution in [0.2, 0.25) is 0 Å². The summed E-state index contributed by atoms with van der Waals surface area (Å²) in [6.07, 6.45) is -1.87. The average Bonchev–Trinajstić information content (AvgIpc) is 2.52. The molecular formula is C17H13BrF3NO2. The van der Waals surface area contributed by atoms with Crippen LogP contribution in [-0.2, 0) is 11.0 Å². The quantitative estimate of drug-likeness (QED) is 0.723. The highest BCUT2D eigenvalue weighted by molar-refractivity contribution is 9.10. The van der Waals surface area contributed by atoms with E-state index in [0.29, 0.717) is 15.8 Å². The molecule has 0 aliphatic carbocycles. The number of carbonyl (C=O) groups excluding carboxylic acids is 1. The van der Waals surface area contributed by atoms with Gasteiger partial charge in [-0.3, -0.25) is 4.79 Å². The summed E-state index contributed by atoms with van der Waals surface area (Å²) in [5.74, 6) is -0.0191. The van der Waals surface area contributed by atoms with E-state index in [1.165, 1.54) is 37.5 Å². The van der Waals surface area contributed by atoms with Crippen molar-refractivity contribution in [2.24, 2.45) is 0 Å². The van der Waals surface area contributed by atoms with E-state index >= 15 is 0 Å². The van der Waals surface area contributed by atoms with E-state index in [1.807, 2.05) is 0 Å². The summed E-state index contributed by atoms with van der Waals surface area (Å²) in [7, 11) is 1.53. The average molecular weight is 400 g/mol. The van der Waals surface area contributed by atoms with E-state index in [2.05, 4.69) is 21.2 Å². The smallest absolute Gasteiger partial charge is 0.418 e. The van der Waals surface area contributed by atoms with Crippen LogP contribution in [0.3, 0.4) is 0 Å². The van der Waals surface area contributed by atoms with Crippen molar-refractivity contribution in [1.82, 2.24) is 0 Å². The summed E-state index contributed by atoms with van der Waals surface area (Å²) < 4.78 is 44.4. The maximum Gasteiger partial charge on any atom is 0.418 e. The van der Waals surface area contributed by atoms with Crippen molar-refractivity contribution in [1.29, 1.82) is 0 Å². The first-order valence-corrected chi connectivity index (χ1v) is 7.59. The molecule has 0 aliphatic rings. The SMILES string of the molecule is COc1ccc(C=CC(=O)Nc2ccccc2C(F)(F)F)cc1Br. The van der Waals surface area contributed by atoms with Crippen LogP contribution in [0.15, 0.2) is 53.0 Å². The number of rotatable bonds is 4. The molecule has 0 saturated carbocycles. The van der Waals surface area contributed by atoms with Crippen LogP contribution in [0.1, 0.15) is 11.1 Å². The predicted molar refractivity (Wildman–Crippen MR) is 89.8 cm³/mol. The molecule has 2 aromatic rings. The maximum atomic E-state index is 12.9. The van der Waals surface area contributed by atoms with E-state index in [0.717, 1.165) is 6.07 Å². The molecule has 0 bridgehead atoms. The van der Waals surface area contributed by atoms with Gasteiger partial charge in [0.1, 0.15) is 5.75 Å². The van der Waals surface area contributed by atoms with E-state index < -0.39 is 17.6 Å². The molecule has 0 aromatic heterocycles. The Morgan fingerprint density at radius 3 is 2.54 bits per heavy atom. The van der Waals surface area contributed by atoms with Crippen molar-refractivity contribution >= 4 is 33.6 Å². The molecule has 0 fully saturated rings. The first kappa shape index (κ1) is 18.1. The van der Waals surface area contributed by atoms with Crippen LogP contribution in [0.4, 0.5) is 18.9 Å². The van der Waals surface area contributed by atoms with Gasteiger partial charge >= 0.3 is 6.18 Å². The van der Waals surface area contributed by atoms with E-state index in [1.54, 1.807) is 18.2 Å². The van der Waals surface area contributed by atoms with Gasteiger partial charge in [-0.05, 0) is 51.8 Å². The zero-order valence-electron chi connectivity index (χ0n) is 12.5. The van der Waals surface area contributed by atoms with Crippen molar-refractivity contribution in [3.05, 3.63) is 64.1 Å². The minimum Gasteiger partial charge on any atom is -0.496 e. The normalized spacial score (nSPS) is 11.5. The number of alkyl halides is 3. The van der Waals surface area contributed by atoms with E-state index in [-0.39, 0.29) is 5.69 Å². The van der Waals surface area contributed by atoms with Crippen molar-refractivity contribution < 1.29 is 22.7 Å². The number of para-hydroxylation sites is 1. The molecule has 0 radical (unpaired) electrons. The molecule has 0 heterocycles. The highest BCUT2D eigenvalue weighted by Gasteiger charge is 2.33. The Labute approximate surface area is 145 Å². The highest BCUT2D eigenvalue weighted by Crippen LogP contribution is 2.34. The Balaban J connectivity index is 2.13. The second-order valence-electron chi connectivity index (χ2n) is 4.76. The summed E-state index contributed by atoms with van der Waals surface area (Å²) >= 11 is 3.32. The number of amides is 1. The number of ether oxygens (including phenoxy) is 1. The Hall–Kier alpha value is -2.28. The minimum atomic E-state index is -4.53. The molecular weight excluding hydrogens is 387 g/mol. The van der Waals surface area contributed by atoms with Gasteiger partial charge in [0.2, 0.25) is 5.91 Å². The number of carbonyl (C=O) groups is 1. The summed E-state index contributed by atoms with van der Waals surface area (Å²) in [6.45, 7) is 0. The van der Waals surface area contributed by atoms with Gasteiger partial charge in [-0.25, -0.2) is 0 Å². The summed E-state index contributed by atoms with van der Waals surface area (Å²) in [6, 6.07) is 9.97. The van der Waals surface area contributed by atoms with Crippen LogP contribution in [0.25, 0.3) is 6.08 Å². The molecule has 24 heavy (non-hydrogen) atoms. The van der Waals surface area contributed by atoms with Crippen LogP contribution < -0.4 is 10.1 Å². The lowest BCUT2D eigenvalue weighted by Gasteiger charge is -2.12. The molecule has 3 nitrogen and oxygen atoms in total. The summed E-state index contributed by atoms with van der Waals surface area (Å²) in [4.78, 5) is 11.9. The Bertz CT molecular complexity index is 773. The zero-order chi connectivity index (χ0) is 17.7. The van der Waals surface area contributed by atoms with Crippen molar-refractivity contribution in [2.45, 2.75) is 6.18 Å². The molecule has 126 valence electrons. The molecule has 0 aliphatic heterocycles. The van der Waals surface area contributed by atoms with E-state index in [9.17, 15) is 18.0 Å². The molecule has 0 atom stereocenters. The second kappa shape index (κ2) is 7.53. The fourth-order valence-electron chi connectivity index (χ4n) is 1.97. The molecule has 1 amide bonds. The first-order chi connectivity index (χ1) is 11.3. The van der Waals surface area contributed by atoms with Gasteiger partial charge in [0.05, 0.1) is 22.8 Å². The Morgan fingerprint density at radius 1 is 1.21 bits per heavy atom. The van der Waals surface area contributed by atoms with E-state index in [4.69, 9.17) is 4.74 Å². The molecule has 0 spiro atoms. The lowest BCUT2D eigenvalue weighted by molar-refractivity contribution is -0.136. The Kier molecular flexibility index (Phi) is 5.66. The topological polar surface area (TPSA) is 38.3 Å². The molecule has 0 unspecified atom stereocenters. The number of halogens is 4. The van der Waals surface area contributed by atoms with Crippen molar-refractivity contribution in [3.63, 3.8) is 0 Å². The zero-order valence-corrected chi connectivity index (χ0v) is 14.1. The molecule has 2 rings (SSSR count). The number of anilines is 1. The first-order valence-electron chi connectivity index (χ1n) is 6.80. The van der Waals surface area contributed by atoms with Gasteiger partial charge in [0, 0.05) is 6.08 Å². The number of nitrogens with one attached hydrogen (secondary N) is 1. The van der Waals surface area contributed by atoms with Gasteiger partial charge in [0.15, 0.2) is 0 Å². The number of hydrogen-bond acceptors (Lipinski definition) is 2. The van der Waals surface area contributed by atoms with Gasteiger partial charge in [-0.1, -0.05) is 18.2 Å². The summed E-state index contributed by atoms with van der Waals surface area (Å²) in [5.41, 5.74) is -0.476. The largest absolute Gasteiger partial charge is 0.496 e. The standard InChI is InChI=1S/C17H13BrF3NO2/c1-24-15-8-6-11(10-13(15)18)7-9-16(23)22-14-5-3-2-4-12(14)17(19,20)21/h2-10H,1H3,(H,22,23). The Morgan fingerprint density at radius 2 is 1.92 bits per heavy atom. The van der Waals surface area contributed by atoms with Gasteiger partial charge in [-0.2, -0.15) is 13.2 Å². The number of hydrogen-bond donors (Lipinski definition) is 1. The minimum absolute atomic E-state index is 0.282. The third-order valence-corrected chi connectivity index (χ3v) is 3.71. The summed E-state index contributed by atoms with van der Waals surface area (Å²) in [5, 5.41) is 2.24. The van der Waals surface area contributed by atoms with Crippen LogP contribution >= 0.6 is 15.9 Å². The monoisotopic (exact) mass is 399 g/mol. The second-order valence-corrected chi connectivity index (χ2v) is 5.61. The lowest BCUT2D eigenvalue weighted by atomic mass is 10.1. The lowest BCUT2D eigenvalue weighted by Crippen LogP contribution is -2.14. The fourth-order valence-corrected chi connectivity index (χ4v) is 2.53. The maximum absolute atomic E-state index is 12.9. The van der Waals surface area contributed by atoms with Crippen LogP contribution in [-0.4, -0.2) is 13.0 Å². The molecule has 2 aromatic carbocycles. The molecule has 0 saturated heterocycles. The van der Waals surface area contributed by atoms with Gasteiger partial charge in [-0.15, -0.1) is 0 Å². The van der Waals surface area contributed by atoms with Gasteiger partial charge in [0.25, 0.3) is 0 Å².